The van der Waals surface area contributed by atoms with E-state index in [0.717, 1.165) is 12.8 Å². The first kappa shape index (κ1) is 14.2. The zero-order chi connectivity index (χ0) is 14.1. The molecule has 0 spiro atoms. The van der Waals surface area contributed by atoms with Crippen LogP contribution in [0, 0.1) is 11.3 Å². The first-order chi connectivity index (χ1) is 8.91. The molecular formula is C12H20N4O2S. The molecule has 0 aliphatic heterocycles. The molecule has 7 heteroatoms. The smallest absolute Gasteiger partial charge is 0.244 e. The van der Waals surface area contributed by atoms with Crippen LogP contribution in [0.5, 0.6) is 0 Å². The second-order valence-corrected chi connectivity index (χ2v) is 7.07. The fraction of sp³-hybridized carbons (Fsp3) is 0.583. The van der Waals surface area contributed by atoms with Crippen LogP contribution < -0.4 is 16.0 Å². The lowest BCUT2D eigenvalue weighted by Gasteiger charge is -2.20. The molecule has 106 valence electrons. The SMILES string of the molecule is CC(C)C1(CNS(=O)(=O)c2cccnc2NN)CC1. The molecular weight excluding hydrogens is 264 g/mol. The summed E-state index contributed by atoms with van der Waals surface area (Å²) >= 11 is 0. The molecule has 1 aliphatic rings. The summed E-state index contributed by atoms with van der Waals surface area (Å²) in [4.78, 5) is 3.98. The molecule has 6 nitrogen and oxygen atoms in total. The second-order valence-electron chi connectivity index (χ2n) is 5.34. The van der Waals surface area contributed by atoms with Gasteiger partial charge >= 0.3 is 0 Å². The van der Waals surface area contributed by atoms with Crippen molar-refractivity contribution in [2.45, 2.75) is 31.6 Å². The highest BCUT2D eigenvalue weighted by Crippen LogP contribution is 2.51. The van der Waals surface area contributed by atoms with Crippen molar-refractivity contribution in [1.82, 2.24) is 9.71 Å². The molecule has 1 fully saturated rings. The van der Waals surface area contributed by atoms with Crippen LogP contribution in [0.3, 0.4) is 0 Å². The van der Waals surface area contributed by atoms with Crippen LogP contribution in [0.25, 0.3) is 0 Å². The lowest BCUT2D eigenvalue weighted by Crippen LogP contribution is -2.33. The number of nitrogens with zero attached hydrogens (tertiary/aromatic N) is 1. The zero-order valence-corrected chi connectivity index (χ0v) is 12.0. The van der Waals surface area contributed by atoms with Crippen LogP contribution in [0.15, 0.2) is 23.2 Å². The Labute approximate surface area is 113 Å². The van der Waals surface area contributed by atoms with Gasteiger partial charge < -0.3 is 5.43 Å². The number of sulfonamides is 1. The Bertz CT molecular complexity index is 553. The summed E-state index contributed by atoms with van der Waals surface area (Å²) in [5.41, 5.74) is 2.42. The topological polar surface area (TPSA) is 97.1 Å². The van der Waals surface area contributed by atoms with Gasteiger partial charge in [0.15, 0.2) is 5.82 Å². The fourth-order valence-corrected chi connectivity index (χ4v) is 3.41. The summed E-state index contributed by atoms with van der Waals surface area (Å²) in [5, 5.41) is 0. The Morgan fingerprint density at radius 2 is 2.16 bits per heavy atom. The van der Waals surface area contributed by atoms with Crippen LogP contribution in [0.1, 0.15) is 26.7 Å². The van der Waals surface area contributed by atoms with E-state index >= 15 is 0 Å². The van der Waals surface area contributed by atoms with Crippen LogP contribution in [0.2, 0.25) is 0 Å². The maximum atomic E-state index is 12.3. The summed E-state index contributed by atoms with van der Waals surface area (Å²) in [6.07, 6.45) is 3.63. The van der Waals surface area contributed by atoms with Crippen LogP contribution >= 0.6 is 0 Å². The molecule has 1 aliphatic carbocycles. The van der Waals surface area contributed by atoms with E-state index in [9.17, 15) is 8.42 Å². The summed E-state index contributed by atoms with van der Waals surface area (Å²) in [5.74, 6) is 5.91. The third-order valence-electron chi connectivity index (χ3n) is 3.93. The van der Waals surface area contributed by atoms with Crippen molar-refractivity contribution in [3.8, 4) is 0 Å². The summed E-state index contributed by atoms with van der Waals surface area (Å²) in [7, 11) is -3.58. The van der Waals surface area contributed by atoms with E-state index in [1.807, 2.05) is 0 Å². The standard InChI is InChI=1S/C12H20N4O2S/c1-9(2)12(5-6-12)8-15-19(17,18)10-4-3-7-14-11(10)16-13/h3-4,7,9,15H,5-6,8,13H2,1-2H3,(H,14,16). The summed E-state index contributed by atoms with van der Waals surface area (Å²) < 4.78 is 27.2. The van der Waals surface area contributed by atoms with Crippen LogP contribution in [-0.4, -0.2) is 19.9 Å². The lowest BCUT2D eigenvalue weighted by atomic mass is 9.93. The lowest BCUT2D eigenvalue weighted by molar-refractivity contribution is 0.357. The number of pyridine rings is 1. The molecule has 2 rings (SSSR count). The van der Waals surface area contributed by atoms with E-state index in [1.165, 1.54) is 12.3 Å². The number of hydrogen-bond donors (Lipinski definition) is 3. The minimum absolute atomic E-state index is 0.0806. The summed E-state index contributed by atoms with van der Waals surface area (Å²) in [6, 6.07) is 3.06. The normalized spacial score (nSPS) is 17.5. The Kier molecular flexibility index (Phi) is 3.80. The fourth-order valence-electron chi connectivity index (χ4n) is 2.15. The predicted molar refractivity (Wildman–Crippen MR) is 73.7 cm³/mol. The quantitative estimate of drug-likeness (QED) is 0.536. The van der Waals surface area contributed by atoms with Crippen molar-refractivity contribution < 1.29 is 8.42 Å². The summed E-state index contributed by atoms with van der Waals surface area (Å²) in [6.45, 7) is 4.71. The van der Waals surface area contributed by atoms with Gasteiger partial charge in [0, 0.05) is 12.7 Å². The molecule has 1 aromatic rings. The van der Waals surface area contributed by atoms with Crippen molar-refractivity contribution in [2.24, 2.45) is 17.2 Å². The number of hydrazine groups is 1. The van der Waals surface area contributed by atoms with Gasteiger partial charge in [-0.2, -0.15) is 0 Å². The van der Waals surface area contributed by atoms with E-state index in [0.29, 0.717) is 12.5 Å². The van der Waals surface area contributed by atoms with Gasteiger partial charge in [0.05, 0.1) is 0 Å². The van der Waals surface area contributed by atoms with Gasteiger partial charge in [-0.25, -0.2) is 24.0 Å². The van der Waals surface area contributed by atoms with Crippen LogP contribution in [0.4, 0.5) is 5.82 Å². The van der Waals surface area contributed by atoms with Crippen LogP contribution in [-0.2, 0) is 10.0 Å². The van der Waals surface area contributed by atoms with E-state index in [4.69, 9.17) is 5.84 Å². The van der Waals surface area contributed by atoms with Crippen molar-refractivity contribution in [3.05, 3.63) is 18.3 Å². The number of nitrogens with two attached hydrogens (primary N) is 1. The van der Waals surface area contributed by atoms with Gasteiger partial charge in [-0.15, -0.1) is 0 Å². The number of aromatic nitrogens is 1. The third kappa shape index (κ3) is 2.88. The molecule has 1 aromatic heterocycles. The maximum absolute atomic E-state index is 12.3. The average Bonchev–Trinajstić information content (AvgIpc) is 3.18. The van der Waals surface area contributed by atoms with Crippen molar-refractivity contribution in [3.63, 3.8) is 0 Å². The molecule has 4 N–H and O–H groups in total. The van der Waals surface area contributed by atoms with Crippen molar-refractivity contribution >= 4 is 15.8 Å². The first-order valence-electron chi connectivity index (χ1n) is 6.32. The van der Waals surface area contributed by atoms with Crippen molar-refractivity contribution in [2.75, 3.05) is 12.0 Å². The number of anilines is 1. The molecule has 0 bridgehead atoms. The van der Waals surface area contributed by atoms with Gasteiger partial charge in [0.25, 0.3) is 0 Å². The maximum Gasteiger partial charge on any atom is 0.244 e. The van der Waals surface area contributed by atoms with Crippen molar-refractivity contribution in [1.29, 1.82) is 0 Å². The van der Waals surface area contributed by atoms with Gasteiger partial charge in [-0.3, -0.25) is 0 Å². The van der Waals surface area contributed by atoms with Gasteiger partial charge in [0.2, 0.25) is 10.0 Å². The highest BCUT2D eigenvalue weighted by atomic mass is 32.2. The molecule has 0 aromatic carbocycles. The second kappa shape index (κ2) is 5.07. The monoisotopic (exact) mass is 284 g/mol. The Hall–Kier alpha value is -1.18. The largest absolute Gasteiger partial charge is 0.307 e. The Morgan fingerprint density at radius 3 is 2.68 bits per heavy atom. The first-order valence-corrected chi connectivity index (χ1v) is 7.81. The number of nitrogens with one attached hydrogen (secondary N) is 2. The molecule has 0 saturated heterocycles. The molecule has 1 heterocycles. The van der Waals surface area contributed by atoms with Gasteiger partial charge in [-0.1, -0.05) is 13.8 Å². The number of nitrogen functional groups attached to an aromatic ring is 1. The third-order valence-corrected chi connectivity index (χ3v) is 5.36. The average molecular weight is 284 g/mol. The minimum atomic E-state index is -3.58. The highest BCUT2D eigenvalue weighted by Gasteiger charge is 2.45. The molecule has 0 atom stereocenters. The highest BCUT2D eigenvalue weighted by molar-refractivity contribution is 7.89. The van der Waals surface area contributed by atoms with E-state index < -0.39 is 10.0 Å². The molecule has 0 radical (unpaired) electrons. The minimum Gasteiger partial charge on any atom is -0.307 e. The number of rotatable bonds is 6. The van der Waals surface area contributed by atoms with E-state index in [1.54, 1.807) is 6.07 Å². The predicted octanol–water partition coefficient (Wildman–Crippen LogP) is 1.08. The molecule has 0 unspecified atom stereocenters. The molecule has 0 amide bonds. The Balaban J connectivity index is 2.15. The Morgan fingerprint density at radius 1 is 1.47 bits per heavy atom. The van der Waals surface area contributed by atoms with Gasteiger partial charge in [0.1, 0.15) is 4.90 Å². The van der Waals surface area contributed by atoms with E-state index in [2.05, 4.69) is 29.0 Å². The molecule has 19 heavy (non-hydrogen) atoms. The zero-order valence-electron chi connectivity index (χ0n) is 11.2. The number of hydrogen-bond acceptors (Lipinski definition) is 5. The van der Waals surface area contributed by atoms with Gasteiger partial charge in [-0.05, 0) is 36.3 Å². The van der Waals surface area contributed by atoms with E-state index in [-0.39, 0.29) is 16.1 Å². The molecule has 1 saturated carbocycles.